The Morgan fingerprint density at radius 3 is 1.62 bits per heavy atom. The van der Waals surface area contributed by atoms with Crippen LogP contribution in [-0.4, -0.2) is 11.1 Å². The molecule has 0 unspecified atom stereocenters. The molecule has 0 aromatic rings. The molecule has 0 heterocycles. The first-order valence-electron chi connectivity index (χ1n) is 6.17. The predicted octanol–water partition coefficient (Wildman–Crippen LogP) is 3.87. The van der Waals surface area contributed by atoms with Crippen LogP contribution in [0.25, 0.3) is 0 Å². The van der Waals surface area contributed by atoms with Gasteiger partial charge in [-0.2, -0.15) is 0 Å². The van der Waals surface area contributed by atoms with Gasteiger partial charge in [0.2, 0.25) is 0 Å². The van der Waals surface area contributed by atoms with E-state index in [0.717, 1.165) is 30.2 Å². The summed E-state index contributed by atoms with van der Waals surface area (Å²) in [5.41, 5.74) is 0. The van der Waals surface area contributed by atoms with Crippen molar-refractivity contribution in [3.05, 3.63) is 0 Å². The minimum absolute atomic E-state index is 0.343. The average Bonchev–Trinajstić information content (AvgIpc) is 2.29. The Hall–Kier alpha value is -0.146. The third kappa shape index (κ3) is 19.4. The number of carboxylic acid groups (broad SMARTS) is 1. The minimum atomic E-state index is -0.659. The second-order valence-corrected chi connectivity index (χ2v) is 3.97. The van der Waals surface area contributed by atoms with Gasteiger partial charge in [-0.1, -0.05) is 58.3 Å². The van der Waals surface area contributed by atoms with Gasteiger partial charge in [-0.25, -0.2) is 0 Å². The molecule has 0 amide bonds. The molecule has 95 valence electrons. The Balaban J connectivity index is 0. The molecule has 0 saturated heterocycles. The summed E-state index contributed by atoms with van der Waals surface area (Å²) < 4.78 is 8.19. The first-order valence-corrected chi connectivity index (χ1v) is 6.74. The maximum absolute atomic E-state index is 10.2. The van der Waals surface area contributed by atoms with E-state index in [2.05, 4.69) is 6.92 Å². The summed E-state index contributed by atoms with van der Waals surface area (Å²) in [6.45, 7) is 2.23. The normalized spacial score (nSPS) is 9.25. The summed E-state index contributed by atoms with van der Waals surface area (Å²) in [4.78, 5) is 10.2. The van der Waals surface area contributed by atoms with Gasteiger partial charge >= 0.3 is 27.0 Å². The maximum atomic E-state index is 10.2. The number of carboxylic acids is 1. The van der Waals surface area contributed by atoms with Crippen molar-refractivity contribution < 1.29 is 30.9 Å². The van der Waals surface area contributed by atoms with Crippen molar-refractivity contribution in [2.45, 2.75) is 71.1 Å². The molecule has 0 aromatic carbocycles. The van der Waals surface area contributed by atoms with Crippen molar-refractivity contribution in [1.82, 2.24) is 0 Å². The van der Waals surface area contributed by atoms with E-state index in [4.69, 9.17) is 8.78 Å². The summed E-state index contributed by atoms with van der Waals surface area (Å²) in [6, 6.07) is 0. The van der Waals surface area contributed by atoms with Crippen LogP contribution in [0.5, 0.6) is 0 Å². The zero-order valence-corrected chi connectivity index (χ0v) is 11.7. The third-order valence-electron chi connectivity index (χ3n) is 2.49. The number of carbonyl (C=O) groups is 1. The van der Waals surface area contributed by atoms with Crippen molar-refractivity contribution in [2.24, 2.45) is 0 Å². The zero-order valence-electron chi connectivity index (χ0n) is 10.3. The summed E-state index contributed by atoms with van der Waals surface area (Å²) >= 11 is 1.06. The van der Waals surface area contributed by atoms with Crippen LogP contribution in [0.2, 0.25) is 0 Å². The quantitative estimate of drug-likeness (QED) is 0.611. The first kappa shape index (κ1) is 18.2. The van der Waals surface area contributed by atoms with Gasteiger partial charge in [-0.15, -0.1) is 0 Å². The van der Waals surface area contributed by atoms with E-state index in [1.165, 1.54) is 44.9 Å². The standard InChI is InChI=1S/C12H24O2.O.V/c1-2-3-4-5-6-7-8-9-10-11-12(13)14;;/h2-11H2,1H3,(H,13,14);;. The fraction of sp³-hybridized carbons (Fsp3) is 0.917. The number of aliphatic carboxylic acids is 1. The van der Waals surface area contributed by atoms with Crippen molar-refractivity contribution in [2.75, 3.05) is 0 Å². The first-order chi connectivity index (χ1) is 7.77. The molecule has 0 atom stereocenters. The molecular weight excluding hydrogens is 243 g/mol. The van der Waals surface area contributed by atoms with Gasteiger partial charge in [-0.05, 0) is 6.42 Å². The van der Waals surface area contributed by atoms with Crippen LogP contribution >= 0.6 is 0 Å². The fourth-order valence-corrected chi connectivity index (χ4v) is 1.59. The van der Waals surface area contributed by atoms with Crippen LogP contribution < -0.4 is 0 Å². The second kappa shape index (κ2) is 17.3. The van der Waals surface area contributed by atoms with E-state index in [-0.39, 0.29) is 0 Å². The average molecular weight is 267 g/mol. The third-order valence-corrected chi connectivity index (χ3v) is 2.49. The van der Waals surface area contributed by atoms with Gasteiger partial charge in [0.05, 0.1) is 0 Å². The SMILES string of the molecule is CCCCCCCCCCCC(=O)O.[O]=[V]. The number of rotatable bonds is 10. The Labute approximate surface area is 108 Å². The van der Waals surface area contributed by atoms with Gasteiger partial charge in [0.25, 0.3) is 0 Å². The molecule has 4 heteroatoms. The van der Waals surface area contributed by atoms with Crippen LogP contribution in [0.3, 0.4) is 0 Å². The zero-order chi connectivity index (χ0) is 12.6. The molecule has 0 saturated carbocycles. The van der Waals surface area contributed by atoms with Crippen LogP contribution in [0.4, 0.5) is 0 Å². The topological polar surface area (TPSA) is 54.4 Å². The molecule has 0 bridgehead atoms. The van der Waals surface area contributed by atoms with E-state index in [1.807, 2.05) is 0 Å². The Morgan fingerprint density at radius 2 is 1.25 bits per heavy atom. The Bertz CT molecular complexity index is 151. The molecular formula is C12H24O3V. The van der Waals surface area contributed by atoms with Crippen LogP contribution in [0.15, 0.2) is 0 Å². The number of hydrogen-bond donors (Lipinski definition) is 1. The van der Waals surface area contributed by atoms with E-state index in [1.54, 1.807) is 0 Å². The van der Waals surface area contributed by atoms with Crippen molar-refractivity contribution in [1.29, 1.82) is 0 Å². The van der Waals surface area contributed by atoms with E-state index < -0.39 is 5.97 Å². The monoisotopic (exact) mass is 267 g/mol. The molecule has 0 spiro atoms. The van der Waals surface area contributed by atoms with Gasteiger partial charge in [0, 0.05) is 6.42 Å². The van der Waals surface area contributed by atoms with Gasteiger partial charge < -0.3 is 5.11 Å². The van der Waals surface area contributed by atoms with Crippen LogP contribution in [0.1, 0.15) is 71.1 Å². The molecule has 16 heavy (non-hydrogen) atoms. The molecule has 0 aliphatic heterocycles. The van der Waals surface area contributed by atoms with Crippen LogP contribution in [-0.2, 0) is 25.8 Å². The molecule has 0 radical (unpaired) electrons. The van der Waals surface area contributed by atoms with E-state index in [0.29, 0.717) is 6.42 Å². The fourth-order valence-electron chi connectivity index (χ4n) is 1.59. The number of hydrogen-bond acceptors (Lipinski definition) is 2. The molecule has 0 fully saturated rings. The summed E-state index contributed by atoms with van der Waals surface area (Å²) in [5.74, 6) is -0.659. The van der Waals surface area contributed by atoms with Gasteiger partial charge in [0.15, 0.2) is 0 Å². The van der Waals surface area contributed by atoms with Crippen LogP contribution in [0, 0.1) is 0 Å². The van der Waals surface area contributed by atoms with E-state index in [9.17, 15) is 4.79 Å². The van der Waals surface area contributed by atoms with Crippen molar-refractivity contribution in [3.63, 3.8) is 0 Å². The Kier molecular flexibility index (Phi) is 19.7. The predicted molar refractivity (Wildman–Crippen MR) is 60.2 cm³/mol. The van der Waals surface area contributed by atoms with E-state index >= 15 is 0 Å². The van der Waals surface area contributed by atoms with Crippen molar-refractivity contribution >= 4 is 5.97 Å². The molecule has 0 aromatic heterocycles. The van der Waals surface area contributed by atoms with Gasteiger partial charge in [-0.3, -0.25) is 4.79 Å². The van der Waals surface area contributed by atoms with Gasteiger partial charge in [0.1, 0.15) is 0 Å². The Morgan fingerprint density at radius 1 is 0.875 bits per heavy atom. The molecule has 1 N–H and O–H groups in total. The molecule has 0 rings (SSSR count). The summed E-state index contributed by atoms with van der Waals surface area (Å²) in [6.07, 6.45) is 11.5. The number of unbranched alkanes of at least 4 members (excludes halogenated alkanes) is 8. The van der Waals surface area contributed by atoms with Crippen molar-refractivity contribution in [3.8, 4) is 0 Å². The molecule has 0 aliphatic rings. The summed E-state index contributed by atoms with van der Waals surface area (Å²) in [7, 11) is 0. The molecule has 0 aliphatic carbocycles. The second-order valence-electron chi connectivity index (χ2n) is 3.97. The summed E-state index contributed by atoms with van der Waals surface area (Å²) in [5, 5.41) is 8.41. The molecule has 3 nitrogen and oxygen atoms in total.